The van der Waals surface area contributed by atoms with Crippen LogP contribution in [-0.4, -0.2) is 9.97 Å². The van der Waals surface area contributed by atoms with E-state index in [9.17, 15) is 4.39 Å². The highest BCUT2D eigenvalue weighted by atomic mass is 35.5. The van der Waals surface area contributed by atoms with E-state index >= 15 is 0 Å². The molecule has 2 aromatic rings. The van der Waals surface area contributed by atoms with Crippen LogP contribution in [0.1, 0.15) is 5.82 Å². The average Bonchev–Trinajstić information content (AvgIpc) is 2.30. The lowest BCUT2D eigenvalue weighted by atomic mass is 10.3. The van der Waals surface area contributed by atoms with Gasteiger partial charge in [0.05, 0.1) is 12.2 Å². The maximum atomic E-state index is 13.4. The maximum Gasteiger partial charge on any atom is 0.149 e. The van der Waals surface area contributed by atoms with Crippen molar-refractivity contribution in [3.63, 3.8) is 0 Å². The molecule has 6 heteroatoms. The molecule has 0 spiro atoms. The molecule has 17 heavy (non-hydrogen) atoms. The van der Waals surface area contributed by atoms with Crippen LogP contribution in [0.5, 0.6) is 0 Å². The Kier molecular flexibility index (Phi) is 3.39. The van der Waals surface area contributed by atoms with Gasteiger partial charge in [-0.3, -0.25) is 0 Å². The van der Waals surface area contributed by atoms with Crippen LogP contribution < -0.4 is 11.1 Å². The molecule has 1 aromatic heterocycles. The Morgan fingerprint density at radius 2 is 2.18 bits per heavy atom. The van der Waals surface area contributed by atoms with Crippen molar-refractivity contribution in [3.8, 4) is 0 Å². The zero-order valence-electron chi connectivity index (χ0n) is 8.82. The van der Waals surface area contributed by atoms with Gasteiger partial charge >= 0.3 is 0 Å². The van der Waals surface area contributed by atoms with Gasteiger partial charge in [-0.05, 0) is 24.3 Å². The number of hydrogen-bond donors (Lipinski definition) is 2. The standard InChI is InChI=1S/C11H10ClFN4/c12-7-1-2-8(13)9(5-7)16-6-11-15-4-3-10(14)17-11/h1-5,16H,6H2,(H2,14,15,17). The van der Waals surface area contributed by atoms with Crippen molar-refractivity contribution in [3.05, 3.63) is 47.1 Å². The zero-order valence-corrected chi connectivity index (χ0v) is 9.58. The summed E-state index contributed by atoms with van der Waals surface area (Å²) in [6.07, 6.45) is 1.55. The molecule has 0 atom stereocenters. The largest absolute Gasteiger partial charge is 0.384 e. The van der Waals surface area contributed by atoms with E-state index in [0.717, 1.165) is 0 Å². The van der Waals surface area contributed by atoms with Crippen molar-refractivity contribution < 1.29 is 4.39 Å². The number of rotatable bonds is 3. The van der Waals surface area contributed by atoms with Gasteiger partial charge in [0.1, 0.15) is 17.5 Å². The first-order valence-corrected chi connectivity index (χ1v) is 5.29. The molecule has 0 amide bonds. The number of nitrogens with one attached hydrogen (secondary N) is 1. The van der Waals surface area contributed by atoms with Gasteiger partial charge in [0.25, 0.3) is 0 Å². The van der Waals surface area contributed by atoms with Gasteiger partial charge in [0, 0.05) is 11.2 Å². The quantitative estimate of drug-likeness (QED) is 0.881. The van der Waals surface area contributed by atoms with E-state index < -0.39 is 0 Å². The number of anilines is 2. The van der Waals surface area contributed by atoms with Gasteiger partial charge in [-0.1, -0.05) is 11.6 Å². The third-order valence-electron chi connectivity index (χ3n) is 2.09. The Morgan fingerprint density at radius 1 is 1.35 bits per heavy atom. The molecule has 0 aliphatic heterocycles. The molecular weight excluding hydrogens is 243 g/mol. The second-order valence-electron chi connectivity index (χ2n) is 3.38. The number of aromatic nitrogens is 2. The molecule has 2 rings (SSSR count). The fourth-order valence-electron chi connectivity index (χ4n) is 1.31. The third kappa shape index (κ3) is 3.04. The first-order valence-electron chi connectivity index (χ1n) is 4.91. The summed E-state index contributed by atoms with van der Waals surface area (Å²) < 4.78 is 13.4. The Balaban J connectivity index is 2.09. The van der Waals surface area contributed by atoms with Crippen molar-refractivity contribution in [2.45, 2.75) is 6.54 Å². The summed E-state index contributed by atoms with van der Waals surface area (Å²) in [6, 6.07) is 5.87. The molecule has 0 fully saturated rings. The third-order valence-corrected chi connectivity index (χ3v) is 2.33. The fourth-order valence-corrected chi connectivity index (χ4v) is 1.48. The number of hydrogen-bond acceptors (Lipinski definition) is 4. The monoisotopic (exact) mass is 252 g/mol. The van der Waals surface area contributed by atoms with E-state index in [1.54, 1.807) is 12.3 Å². The predicted octanol–water partition coefficient (Wildman–Crippen LogP) is 2.46. The molecule has 0 aliphatic rings. The summed E-state index contributed by atoms with van der Waals surface area (Å²) in [4.78, 5) is 7.99. The SMILES string of the molecule is Nc1ccnc(CNc2cc(Cl)ccc2F)n1. The Hall–Kier alpha value is -1.88. The lowest BCUT2D eigenvalue weighted by molar-refractivity contribution is 0.630. The van der Waals surface area contributed by atoms with Crippen LogP contribution in [0.3, 0.4) is 0 Å². The number of nitrogen functional groups attached to an aromatic ring is 1. The predicted molar refractivity (Wildman–Crippen MR) is 65.2 cm³/mol. The molecule has 0 saturated heterocycles. The first kappa shape index (κ1) is 11.6. The lowest BCUT2D eigenvalue weighted by Gasteiger charge is -2.07. The van der Waals surface area contributed by atoms with Gasteiger partial charge in [-0.2, -0.15) is 0 Å². The van der Waals surface area contributed by atoms with Gasteiger partial charge in [-0.25, -0.2) is 14.4 Å². The summed E-state index contributed by atoms with van der Waals surface area (Å²) in [7, 11) is 0. The van der Waals surface area contributed by atoms with Crippen LogP contribution in [0.4, 0.5) is 15.9 Å². The topological polar surface area (TPSA) is 63.8 Å². The molecule has 0 saturated carbocycles. The summed E-state index contributed by atoms with van der Waals surface area (Å²) >= 11 is 5.77. The molecule has 0 aliphatic carbocycles. The molecule has 88 valence electrons. The van der Waals surface area contributed by atoms with E-state index in [4.69, 9.17) is 17.3 Å². The van der Waals surface area contributed by atoms with Gasteiger partial charge < -0.3 is 11.1 Å². The van der Waals surface area contributed by atoms with Crippen LogP contribution >= 0.6 is 11.6 Å². The van der Waals surface area contributed by atoms with Gasteiger partial charge in [0.2, 0.25) is 0 Å². The summed E-state index contributed by atoms with van der Waals surface area (Å²) in [6.45, 7) is 0.280. The van der Waals surface area contributed by atoms with Crippen molar-refractivity contribution in [1.29, 1.82) is 0 Å². The highest BCUT2D eigenvalue weighted by Gasteiger charge is 2.03. The van der Waals surface area contributed by atoms with Crippen LogP contribution in [0.25, 0.3) is 0 Å². The molecule has 4 nitrogen and oxygen atoms in total. The first-order chi connectivity index (χ1) is 8.15. The highest BCUT2D eigenvalue weighted by Crippen LogP contribution is 2.19. The van der Waals surface area contributed by atoms with Crippen LogP contribution in [0.15, 0.2) is 30.5 Å². The van der Waals surface area contributed by atoms with E-state index in [-0.39, 0.29) is 12.4 Å². The molecule has 1 heterocycles. The highest BCUT2D eigenvalue weighted by molar-refractivity contribution is 6.30. The minimum absolute atomic E-state index is 0.280. The van der Waals surface area contributed by atoms with E-state index in [1.807, 2.05) is 0 Å². The van der Waals surface area contributed by atoms with E-state index in [2.05, 4.69) is 15.3 Å². The maximum absolute atomic E-state index is 13.4. The Labute approximate surface area is 103 Å². The van der Waals surface area contributed by atoms with Crippen LogP contribution in [0, 0.1) is 5.82 Å². The minimum Gasteiger partial charge on any atom is -0.384 e. The van der Waals surface area contributed by atoms with Crippen molar-refractivity contribution in [2.24, 2.45) is 0 Å². The number of benzene rings is 1. The fraction of sp³-hybridized carbons (Fsp3) is 0.0909. The molecular formula is C11H10ClFN4. The molecule has 0 unspecified atom stereocenters. The average molecular weight is 253 g/mol. The van der Waals surface area contributed by atoms with Crippen LogP contribution in [-0.2, 0) is 6.54 Å². The van der Waals surface area contributed by atoms with Crippen molar-refractivity contribution in [2.75, 3.05) is 11.1 Å². The minimum atomic E-state index is -0.377. The van der Waals surface area contributed by atoms with Gasteiger partial charge in [0.15, 0.2) is 0 Å². The molecule has 1 aromatic carbocycles. The van der Waals surface area contributed by atoms with E-state index in [1.165, 1.54) is 18.2 Å². The van der Waals surface area contributed by atoms with Crippen molar-refractivity contribution >= 4 is 23.1 Å². The lowest BCUT2D eigenvalue weighted by Crippen LogP contribution is -2.06. The Bertz CT molecular complexity index is 533. The second-order valence-corrected chi connectivity index (χ2v) is 3.81. The molecule has 3 N–H and O–H groups in total. The number of nitrogens with zero attached hydrogens (tertiary/aromatic N) is 2. The second kappa shape index (κ2) is 4.97. The summed E-state index contributed by atoms with van der Waals surface area (Å²) in [5.41, 5.74) is 5.82. The van der Waals surface area contributed by atoms with E-state index in [0.29, 0.717) is 22.4 Å². The zero-order chi connectivity index (χ0) is 12.3. The number of halogens is 2. The van der Waals surface area contributed by atoms with Crippen LogP contribution in [0.2, 0.25) is 5.02 Å². The molecule has 0 radical (unpaired) electrons. The Morgan fingerprint density at radius 3 is 2.94 bits per heavy atom. The van der Waals surface area contributed by atoms with Crippen molar-refractivity contribution in [1.82, 2.24) is 9.97 Å². The summed E-state index contributed by atoms with van der Waals surface area (Å²) in [5, 5.41) is 3.32. The smallest absolute Gasteiger partial charge is 0.149 e. The normalized spacial score (nSPS) is 10.2. The van der Waals surface area contributed by atoms with Gasteiger partial charge in [-0.15, -0.1) is 0 Å². The molecule has 0 bridgehead atoms. The summed E-state index contributed by atoms with van der Waals surface area (Å²) in [5.74, 6) is 0.492. The number of nitrogens with two attached hydrogens (primary N) is 1.